The van der Waals surface area contributed by atoms with Crippen molar-refractivity contribution in [1.29, 1.82) is 0 Å². The lowest BCUT2D eigenvalue weighted by atomic mass is 9.93. The topological polar surface area (TPSA) is 29.3 Å². The highest BCUT2D eigenvalue weighted by Crippen LogP contribution is 2.33. The first-order chi connectivity index (χ1) is 10.1. The number of hydrogen-bond donors (Lipinski definition) is 1. The van der Waals surface area contributed by atoms with Crippen molar-refractivity contribution in [2.75, 3.05) is 6.54 Å². The molecular weight excluding hydrogens is 256 g/mol. The summed E-state index contributed by atoms with van der Waals surface area (Å²) in [6.07, 6.45) is 0. The number of nitrogens with zero attached hydrogens (tertiary/aromatic N) is 1. The van der Waals surface area contributed by atoms with Gasteiger partial charge in [0, 0.05) is 25.7 Å². The number of aryl methyl sites for hydroxylation is 3. The largest absolute Gasteiger partial charge is 0.329 e. The molecule has 1 unspecified atom stereocenters. The molecule has 0 fully saturated rings. The Bertz CT molecular complexity index is 612. The Balaban J connectivity index is 1.94. The average Bonchev–Trinajstić information content (AvgIpc) is 2.85. The third kappa shape index (κ3) is 2.61. The Hall–Kier alpha value is -1.64. The van der Waals surface area contributed by atoms with Crippen LogP contribution in [0.5, 0.6) is 0 Å². The lowest BCUT2D eigenvalue weighted by Crippen LogP contribution is -2.30. The molecule has 1 aliphatic rings. The van der Waals surface area contributed by atoms with Crippen LogP contribution < -0.4 is 5.73 Å². The van der Waals surface area contributed by atoms with Crippen LogP contribution in [-0.4, -0.2) is 11.4 Å². The van der Waals surface area contributed by atoms with E-state index in [2.05, 4.69) is 62.1 Å². The van der Waals surface area contributed by atoms with Gasteiger partial charge in [-0.2, -0.15) is 0 Å². The maximum Gasteiger partial charge on any atom is 0.0482 e. The van der Waals surface area contributed by atoms with Gasteiger partial charge in [-0.05, 0) is 48.6 Å². The fourth-order valence-corrected chi connectivity index (χ4v) is 3.75. The van der Waals surface area contributed by atoms with E-state index in [9.17, 15) is 0 Å². The Morgan fingerprint density at radius 3 is 2.00 bits per heavy atom. The number of benzene rings is 2. The second kappa shape index (κ2) is 5.63. The molecule has 2 aromatic carbocycles. The number of rotatable bonds is 3. The van der Waals surface area contributed by atoms with Gasteiger partial charge in [0.1, 0.15) is 0 Å². The quantitative estimate of drug-likeness (QED) is 0.930. The van der Waals surface area contributed by atoms with Crippen LogP contribution in [0.2, 0.25) is 0 Å². The van der Waals surface area contributed by atoms with Crippen molar-refractivity contribution in [2.45, 2.75) is 39.9 Å². The predicted molar refractivity (Wildman–Crippen MR) is 88.1 cm³/mol. The lowest BCUT2D eigenvalue weighted by Gasteiger charge is -2.29. The molecule has 0 saturated carbocycles. The van der Waals surface area contributed by atoms with Gasteiger partial charge in [-0.1, -0.05) is 42.0 Å². The molecule has 1 heterocycles. The van der Waals surface area contributed by atoms with E-state index in [0.29, 0.717) is 12.6 Å². The van der Waals surface area contributed by atoms with Crippen LogP contribution in [0, 0.1) is 20.8 Å². The van der Waals surface area contributed by atoms with Crippen LogP contribution in [0.1, 0.15) is 39.4 Å². The zero-order valence-electron chi connectivity index (χ0n) is 13.2. The minimum absolute atomic E-state index is 0.304. The Kier molecular flexibility index (Phi) is 3.83. The molecule has 0 aliphatic carbocycles. The molecule has 2 aromatic rings. The molecule has 2 heteroatoms. The molecular formula is C19H24N2. The summed E-state index contributed by atoms with van der Waals surface area (Å²) in [5, 5.41) is 0. The predicted octanol–water partition coefficient (Wildman–Crippen LogP) is 3.63. The number of nitrogens with two attached hydrogens (primary N) is 1. The van der Waals surface area contributed by atoms with Gasteiger partial charge in [0.15, 0.2) is 0 Å². The highest BCUT2D eigenvalue weighted by atomic mass is 15.2. The summed E-state index contributed by atoms with van der Waals surface area (Å²) in [7, 11) is 0. The molecule has 2 N–H and O–H groups in total. The zero-order valence-corrected chi connectivity index (χ0v) is 13.2. The number of fused-ring (bicyclic) bond motifs is 1. The fraction of sp³-hybridized carbons (Fsp3) is 0.368. The standard InChI is InChI=1S/C19H24N2/c1-13-8-14(2)19(15(3)9-13)18(10-20)21-11-16-6-4-5-7-17(16)12-21/h4-9,18H,10-12,20H2,1-3H3. The molecule has 0 spiro atoms. The van der Waals surface area contributed by atoms with Gasteiger partial charge in [-0.15, -0.1) is 0 Å². The van der Waals surface area contributed by atoms with Gasteiger partial charge in [0.05, 0.1) is 0 Å². The highest BCUT2D eigenvalue weighted by Gasteiger charge is 2.27. The van der Waals surface area contributed by atoms with Crippen molar-refractivity contribution in [3.8, 4) is 0 Å². The van der Waals surface area contributed by atoms with E-state index in [4.69, 9.17) is 5.73 Å². The maximum atomic E-state index is 6.15. The summed E-state index contributed by atoms with van der Waals surface area (Å²) in [6, 6.07) is 13.6. The van der Waals surface area contributed by atoms with E-state index in [1.54, 1.807) is 0 Å². The first kappa shape index (κ1) is 14.3. The normalized spacial score (nSPS) is 16.0. The summed E-state index contributed by atoms with van der Waals surface area (Å²) in [5.74, 6) is 0. The molecule has 2 nitrogen and oxygen atoms in total. The SMILES string of the molecule is Cc1cc(C)c(C(CN)N2Cc3ccccc3C2)c(C)c1. The van der Waals surface area contributed by atoms with Crippen molar-refractivity contribution >= 4 is 0 Å². The summed E-state index contributed by atoms with van der Waals surface area (Å²) >= 11 is 0. The van der Waals surface area contributed by atoms with E-state index in [0.717, 1.165) is 13.1 Å². The van der Waals surface area contributed by atoms with Gasteiger partial charge in [-0.25, -0.2) is 0 Å². The van der Waals surface area contributed by atoms with Crippen LogP contribution >= 0.6 is 0 Å². The summed E-state index contributed by atoms with van der Waals surface area (Å²) in [4.78, 5) is 2.51. The van der Waals surface area contributed by atoms with Crippen LogP contribution in [0.4, 0.5) is 0 Å². The van der Waals surface area contributed by atoms with E-state index in [1.165, 1.54) is 33.4 Å². The van der Waals surface area contributed by atoms with E-state index >= 15 is 0 Å². The molecule has 1 atom stereocenters. The van der Waals surface area contributed by atoms with E-state index in [-0.39, 0.29) is 0 Å². The summed E-state index contributed by atoms with van der Waals surface area (Å²) < 4.78 is 0. The second-order valence-corrected chi connectivity index (χ2v) is 6.24. The monoisotopic (exact) mass is 280 g/mol. The smallest absolute Gasteiger partial charge is 0.0482 e. The fourth-order valence-electron chi connectivity index (χ4n) is 3.75. The van der Waals surface area contributed by atoms with Gasteiger partial charge in [-0.3, -0.25) is 4.90 Å². The van der Waals surface area contributed by atoms with Crippen LogP contribution in [0.15, 0.2) is 36.4 Å². The van der Waals surface area contributed by atoms with Gasteiger partial charge in [0.25, 0.3) is 0 Å². The van der Waals surface area contributed by atoms with Crippen LogP contribution in [0.3, 0.4) is 0 Å². The lowest BCUT2D eigenvalue weighted by molar-refractivity contribution is 0.204. The minimum Gasteiger partial charge on any atom is -0.329 e. The number of hydrogen-bond acceptors (Lipinski definition) is 2. The maximum absolute atomic E-state index is 6.15. The third-order valence-electron chi connectivity index (χ3n) is 4.60. The molecule has 0 saturated heterocycles. The molecule has 21 heavy (non-hydrogen) atoms. The highest BCUT2D eigenvalue weighted by molar-refractivity contribution is 5.41. The molecule has 1 aliphatic heterocycles. The summed E-state index contributed by atoms with van der Waals surface area (Å²) in [5.41, 5.74) is 14.5. The Morgan fingerprint density at radius 1 is 1.00 bits per heavy atom. The molecule has 0 amide bonds. The molecule has 0 radical (unpaired) electrons. The van der Waals surface area contributed by atoms with Crippen molar-refractivity contribution in [3.05, 3.63) is 69.8 Å². The molecule has 110 valence electrons. The van der Waals surface area contributed by atoms with Gasteiger partial charge in [0.2, 0.25) is 0 Å². The Morgan fingerprint density at radius 2 is 1.52 bits per heavy atom. The first-order valence-electron chi connectivity index (χ1n) is 7.68. The van der Waals surface area contributed by atoms with Crippen molar-refractivity contribution in [1.82, 2.24) is 4.90 Å². The van der Waals surface area contributed by atoms with E-state index < -0.39 is 0 Å². The Labute approximate surface area is 127 Å². The zero-order chi connectivity index (χ0) is 15.0. The first-order valence-corrected chi connectivity index (χ1v) is 7.68. The molecule has 0 aromatic heterocycles. The van der Waals surface area contributed by atoms with E-state index in [1.807, 2.05) is 0 Å². The third-order valence-corrected chi connectivity index (χ3v) is 4.60. The average molecular weight is 280 g/mol. The van der Waals surface area contributed by atoms with Gasteiger partial charge < -0.3 is 5.73 Å². The minimum atomic E-state index is 0.304. The summed E-state index contributed by atoms with van der Waals surface area (Å²) in [6.45, 7) is 9.25. The molecule has 0 bridgehead atoms. The van der Waals surface area contributed by atoms with Crippen molar-refractivity contribution in [3.63, 3.8) is 0 Å². The van der Waals surface area contributed by atoms with Crippen molar-refractivity contribution in [2.24, 2.45) is 5.73 Å². The van der Waals surface area contributed by atoms with Gasteiger partial charge >= 0.3 is 0 Å². The van der Waals surface area contributed by atoms with Crippen LogP contribution in [-0.2, 0) is 13.1 Å². The molecule has 3 rings (SSSR count). The van der Waals surface area contributed by atoms with Crippen LogP contribution in [0.25, 0.3) is 0 Å². The van der Waals surface area contributed by atoms with Crippen molar-refractivity contribution < 1.29 is 0 Å². The second-order valence-electron chi connectivity index (χ2n) is 6.24.